The first-order valence-electron chi connectivity index (χ1n) is 6.24. The molecule has 1 atom stereocenters. The number of rotatable bonds is 7. The third kappa shape index (κ3) is 4.20. The van der Waals surface area contributed by atoms with Crippen molar-refractivity contribution in [1.82, 2.24) is 0 Å². The van der Waals surface area contributed by atoms with Crippen molar-refractivity contribution >= 4 is 17.3 Å². The van der Waals surface area contributed by atoms with Gasteiger partial charge in [0.1, 0.15) is 0 Å². The fourth-order valence-electron chi connectivity index (χ4n) is 1.92. The van der Waals surface area contributed by atoms with Gasteiger partial charge in [-0.3, -0.25) is 10.1 Å². The Hall–Kier alpha value is -2.15. The Balaban J connectivity index is 3.04. The molecule has 0 aliphatic heterocycles. The van der Waals surface area contributed by atoms with Crippen LogP contribution < -0.4 is 5.32 Å². The lowest BCUT2D eigenvalue weighted by atomic mass is 10.0. The van der Waals surface area contributed by atoms with Gasteiger partial charge < -0.3 is 15.5 Å². The van der Waals surface area contributed by atoms with Crippen LogP contribution in [0.5, 0.6) is 0 Å². The Morgan fingerprint density at radius 3 is 2.55 bits per heavy atom. The number of benzene rings is 1. The highest BCUT2D eigenvalue weighted by atomic mass is 16.6. The Morgan fingerprint density at radius 2 is 2.10 bits per heavy atom. The number of carboxylic acid groups (broad SMARTS) is 1. The van der Waals surface area contributed by atoms with Gasteiger partial charge in [0.15, 0.2) is 0 Å². The van der Waals surface area contributed by atoms with E-state index >= 15 is 0 Å². The zero-order valence-electron chi connectivity index (χ0n) is 11.4. The number of hydrogen-bond acceptors (Lipinski definition) is 5. The fraction of sp³-hybridized carbons (Fsp3) is 0.462. The first-order valence-corrected chi connectivity index (χ1v) is 6.24. The molecule has 0 saturated carbocycles. The SMILES string of the molecule is CC(C)CC(CO)Nc1ccc([N+](=O)[O-])cc1C(=O)O. The van der Waals surface area contributed by atoms with Crippen LogP contribution >= 0.6 is 0 Å². The lowest BCUT2D eigenvalue weighted by Gasteiger charge is -2.20. The molecule has 0 aromatic heterocycles. The summed E-state index contributed by atoms with van der Waals surface area (Å²) < 4.78 is 0. The molecule has 0 heterocycles. The topological polar surface area (TPSA) is 113 Å². The zero-order chi connectivity index (χ0) is 15.3. The number of non-ortho nitro benzene ring substituents is 1. The minimum atomic E-state index is -1.25. The fourth-order valence-corrected chi connectivity index (χ4v) is 1.92. The van der Waals surface area contributed by atoms with E-state index in [1.165, 1.54) is 12.1 Å². The molecule has 0 amide bonds. The number of anilines is 1. The lowest BCUT2D eigenvalue weighted by Crippen LogP contribution is -2.26. The molecule has 7 heteroatoms. The molecule has 1 aromatic rings. The predicted octanol–water partition coefficient (Wildman–Crippen LogP) is 2.11. The van der Waals surface area contributed by atoms with Crippen LogP contribution in [0.3, 0.4) is 0 Å². The second-order valence-electron chi connectivity index (χ2n) is 4.95. The van der Waals surface area contributed by atoms with Gasteiger partial charge in [-0.1, -0.05) is 13.8 Å². The number of carbonyl (C=O) groups is 1. The van der Waals surface area contributed by atoms with E-state index in [4.69, 9.17) is 5.11 Å². The molecule has 3 N–H and O–H groups in total. The minimum Gasteiger partial charge on any atom is -0.478 e. The molecule has 1 unspecified atom stereocenters. The maximum atomic E-state index is 11.2. The summed E-state index contributed by atoms with van der Waals surface area (Å²) in [5.74, 6) is -0.927. The number of nitrogens with one attached hydrogen (secondary N) is 1. The van der Waals surface area contributed by atoms with Crippen molar-refractivity contribution in [3.8, 4) is 0 Å². The average molecular weight is 282 g/mol. The summed E-state index contributed by atoms with van der Waals surface area (Å²) in [5.41, 5.74) is -0.193. The molecule has 110 valence electrons. The average Bonchev–Trinajstić information content (AvgIpc) is 2.37. The quantitative estimate of drug-likeness (QED) is 0.521. The third-order valence-electron chi connectivity index (χ3n) is 2.78. The van der Waals surface area contributed by atoms with Gasteiger partial charge in [-0.15, -0.1) is 0 Å². The Morgan fingerprint density at radius 1 is 1.45 bits per heavy atom. The minimum absolute atomic E-state index is 0.145. The molecule has 0 radical (unpaired) electrons. The Bertz CT molecular complexity index is 502. The van der Waals surface area contributed by atoms with E-state index in [-0.39, 0.29) is 29.6 Å². The van der Waals surface area contributed by atoms with Gasteiger partial charge in [-0.05, 0) is 18.4 Å². The largest absolute Gasteiger partial charge is 0.478 e. The summed E-state index contributed by atoms with van der Waals surface area (Å²) >= 11 is 0. The Kier molecular flexibility index (Phi) is 5.45. The predicted molar refractivity (Wildman–Crippen MR) is 74.0 cm³/mol. The van der Waals surface area contributed by atoms with Crippen molar-refractivity contribution in [1.29, 1.82) is 0 Å². The molecular weight excluding hydrogens is 264 g/mol. The number of aliphatic hydroxyl groups excluding tert-OH is 1. The van der Waals surface area contributed by atoms with E-state index in [9.17, 15) is 20.0 Å². The van der Waals surface area contributed by atoms with E-state index in [1.807, 2.05) is 13.8 Å². The normalized spacial score (nSPS) is 12.2. The molecule has 1 aromatic carbocycles. The van der Waals surface area contributed by atoms with Gasteiger partial charge in [-0.25, -0.2) is 4.79 Å². The van der Waals surface area contributed by atoms with E-state index < -0.39 is 10.9 Å². The molecule has 0 aliphatic rings. The van der Waals surface area contributed by atoms with Crippen LogP contribution in [0.4, 0.5) is 11.4 Å². The van der Waals surface area contributed by atoms with E-state index in [0.717, 1.165) is 6.07 Å². The van der Waals surface area contributed by atoms with Crippen LogP contribution in [0.1, 0.15) is 30.6 Å². The van der Waals surface area contributed by atoms with Crippen molar-refractivity contribution in [2.45, 2.75) is 26.3 Å². The number of hydrogen-bond donors (Lipinski definition) is 3. The van der Waals surface area contributed by atoms with Crippen molar-refractivity contribution in [3.05, 3.63) is 33.9 Å². The number of carboxylic acids is 1. The molecule has 1 rings (SSSR count). The number of nitrogens with zero attached hydrogens (tertiary/aromatic N) is 1. The molecule has 7 nitrogen and oxygen atoms in total. The number of nitro groups is 1. The highest BCUT2D eigenvalue weighted by molar-refractivity contribution is 5.95. The lowest BCUT2D eigenvalue weighted by molar-refractivity contribution is -0.384. The molecule has 0 spiro atoms. The summed E-state index contributed by atoms with van der Waals surface area (Å²) in [6.07, 6.45) is 0.659. The Labute approximate surface area is 116 Å². The van der Waals surface area contributed by atoms with E-state index in [0.29, 0.717) is 12.3 Å². The number of aliphatic hydroxyl groups is 1. The van der Waals surface area contributed by atoms with Gasteiger partial charge in [-0.2, -0.15) is 0 Å². The molecule has 0 fully saturated rings. The summed E-state index contributed by atoms with van der Waals surface area (Å²) in [5, 5.41) is 32.0. The van der Waals surface area contributed by atoms with Crippen LogP contribution in [0.25, 0.3) is 0 Å². The highest BCUT2D eigenvalue weighted by Crippen LogP contribution is 2.23. The maximum Gasteiger partial charge on any atom is 0.338 e. The van der Waals surface area contributed by atoms with Crippen molar-refractivity contribution in [3.63, 3.8) is 0 Å². The zero-order valence-corrected chi connectivity index (χ0v) is 11.4. The monoisotopic (exact) mass is 282 g/mol. The molecule has 0 bridgehead atoms. The summed E-state index contributed by atoms with van der Waals surface area (Å²) in [7, 11) is 0. The maximum absolute atomic E-state index is 11.2. The summed E-state index contributed by atoms with van der Waals surface area (Å²) in [6, 6.07) is 3.30. The summed E-state index contributed by atoms with van der Waals surface area (Å²) in [6.45, 7) is 3.82. The van der Waals surface area contributed by atoms with Gasteiger partial charge in [0.05, 0.1) is 17.1 Å². The van der Waals surface area contributed by atoms with Gasteiger partial charge in [0, 0.05) is 23.9 Å². The number of aromatic carboxylic acids is 1. The van der Waals surface area contributed by atoms with E-state index in [2.05, 4.69) is 5.32 Å². The second kappa shape index (κ2) is 6.85. The number of nitro benzene ring substituents is 1. The van der Waals surface area contributed by atoms with Gasteiger partial charge in [0.25, 0.3) is 5.69 Å². The van der Waals surface area contributed by atoms with Crippen molar-refractivity contribution in [2.24, 2.45) is 5.92 Å². The van der Waals surface area contributed by atoms with Crippen molar-refractivity contribution in [2.75, 3.05) is 11.9 Å². The standard InChI is InChI=1S/C13H18N2O5/c1-8(2)5-9(7-16)14-12-4-3-10(15(19)20)6-11(12)13(17)18/h3-4,6,8-9,14,16H,5,7H2,1-2H3,(H,17,18). The van der Waals surface area contributed by atoms with E-state index in [1.54, 1.807) is 0 Å². The molecule has 20 heavy (non-hydrogen) atoms. The van der Waals surface area contributed by atoms with Gasteiger partial charge in [0.2, 0.25) is 0 Å². The first kappa shape index (κ1) is 15.9. The second-order valence-corrected chi connectivity index (χ2v) is 4.95. The van der Waals surface area contributed by atoms with Crippen LogP contribution in [0, 0.1) is 16.0 Å². The van der Waals surface area contributed by atoms with Crippen molar-refractivity contribution < 1.29 is 19.9 Å². The smallest absolute Gasteiger partial charge is 0.338 e. The van der Waals surface area contributed by atoms with Crippen LogP contribution in [0.2, 0.25) is 0 Å². The first-order chi connectivity index (χ1) is 9.35. The molecule has 0 aliphatic carbocycles. The molecular formula is C13H18N2O5. The highest BCUT2D eigenvalue weighted by Gasteiger charge is 2.18. The summed E-state index contributed by atoms with van der Waals surface area (Å²) in [4.78, 5) is 21.2. The van der Waals surface area contributed by atoms with Crippen LogP contribution in [0.15, 0.2) is 18.2 Å². The van der Waals surface area contributed by atoms with Crippen LogP contribution in [-0.2, 0) is 0 Å². The van der Waals surface area contributed by atoms with Crippen LogP contribution in [-0.4, -0.2) is 33.8 Å². The van der Waals surface area contributed by atoms with Gasteiger partial charge >= 0.3 is 5.97 Å². The molecule has 0 saturated heterocycles. The third-order valence-corrected chi connectivity index (χ3v) is 2.78.